The smallest absolute Gasteiger partial charge is 0.342 e. The van der Waals surface area contributed by atoms with Gasteiger partial charge >= 0.3 is 11.9 Å². The van der Waals surface area contributed by atoms with E-state index in [0.29, 0.717) is 49.1 Å². The third-order valence-electron chi connectivity index (χ3n) is 7.93. The van der Waals surface area contributed by atoms with Gasteiger partial charge in [-0.2, -0.15) is 0 Å². The van der Waals surface area contributed by atoms with Crippen molar-refractivity contribution in [3.63, 3.8) is 0 Å². The number of epoxide rings is 4. The zero-order chi connectivity index (χ0) is 29.6. The fraction of sp³-hybridized carbons (Fsp3) is 0.353. The quantitative estimate of drug-likeness (QED) is 0.162. The Labute approximate surface area is 252 Å². The maximum absolute atomic E-state index is 13.7. The molecule has 4 aromatic carbocycles. The second kappa shape index (κ2) is 11.4. The fourth-order valence-corrected chi connectivity index (χ4v) is 5.26. The van der Waals surface area contributed by atoms with Crippen LogP contribution in [0.2, 0.25) is 0 Å². The molecular formula is C34H30O10. The van der Waals surface area contributed by atoms with Gasteiger partial charge < -0.3 is 37.9 Å². The normalized spacial score (nSPS) is 22.8. The topological polar surface area (TPSA) is 121 Å². The third kappa shape index (κ3) is 5.81. The van der Waals surface area contributed by atoms with Crippen molar-refractivity contribution in [3.8, 4) is 22.6 Å². The molecule has 44 heavy (non-hydrogen) atoms. The summed E-state index contributed by atoms with van der Waals surface area (Å²) in [5, 5.41) is 3.23. The Morgan fingerprint density at radius 2 is 0.932 bits per heavy atom. The highest BCUT2D eigenvalue weighted by Gasteiger charge is 2.34. The standard InChI is InChI=1S/C34H30O10/c35-33(43-17-23-13-39-23)27-9-19-5-1-3-7-25(19)29(31(27)41-15-21-11-37-21)30-26-8-4-2-6-20(26)10-28(32(30)42-16-22-12-38-22)34(36)44-18-24-14-40-24/h1-10,21-24H,11-18H2. The Hall–Kier alpha value is -4.22. The van der Waals surface area contributed by atoms with E-state index in [1.807, 2.05) is 48.5 Å². The molecular weight excluding hydrogens is 568 g/mol. The first kappa shape index (κ1) is 27.3. The SMILES string of the molecule is O=C(OCC1CO1)c1cc2ccccc2c(-c2c(OCC3CO3)c(C(=O)OCC3CO3)cc3ccccc23)c1OCC1CO1. The lowest BCUT2D eigenvalue weighted by molar-refractivity contribution is 0.0463. The van der Waals surface area contributed by atoms with Crippen LogP contribution in [0.1, 0.15) is 20.7 Å². The number of hydrogen-bond acceptors (Lipinski definition) is 10. The Kier molecular flexibility index (Phi) is 7.06. The molecule has 4 aliphatic heterocycles. The summed E-state index contributed by atoms with van der Waals surface area (Å²) in [6, 6.07) is 19.0. The lowest BCUT2D eigenvalue weighted by atomic mass is 9.88. The van der Waals surface area contributed by atoms with Crippen molar-refractivity contribution in [2.45, 2.75) is 24.4 Å². The Morgan fingerprint density at radius 3 is 1.32 bits per heavy atom. The van der Waals surface area contributed by atoms with E-state index in [0.717, 1.165) is 21.5 Å². The molecule has 10 nitrogen and oxygen atoms in total. The molecule has 226 valence electrons. The van der Waals surface area contributed by atoms with Crippen LogP contribution in [-0.4, -0.2) is 89.2 Å². The van der Waals surface area contributed by atoms with E-state index >= 15 is 0 Å². The van der Waals surface area contributed by atoms with Crippen LogP contribution >= 0.6 is 0 Å². The van der Waals surface area contributed by atoms with E-state index in [2.05, 4.69) is 0 Å². The van der Waals surface area contributed by atoms with Crippen molar-refractivity contribution >= 4 is 33.5 Å². The number of esters is 2. The minimum atomic E-state index is -0.530. The van der Waals surface area contributed by atoms with Crippen molar-refractivity contribution < 1.29 is 47.5 Å². The van der Waals surface area contributed by atoms with Gasteiger partial charge in [0.1, 0.15) is 73.5 Å². The summed E-state index contributed by atoms with van der Waals surface area (Å²) in [6.45, 7) is 3.05. The molecule has 4 heterocycles. The molecule has 0 aliphatic carbocycles. The van der Waals surface area contributed by atoms with Crippen molar-refractivity contribution in [3.05, 3.63) is 71.8 Å². The molecule has 4 aliphatic rings. The highest BCUT2D eigenvalue weighted by Crippen LogP contribution is 2.49. The van der Waals surface area contributed by atoms with Crippen LogP contribution in [0.5, 0.6) is 11.5 Å². The second-order valence-corrected chi connectivity index (χ2v) is 11.3. The van der Waals surface area contributed by atoms with Crippen LogP contribution in [-0.2, 0) is 28.4 Å². The minimum absolute atomic E-state index is 0.0801. The summed E-state index contributed by atoms with van der Waals surface area (Å²) in [5.74, 6) is -0.402. The average molecular weight is 599 g/mol. The lowest BCUT2D eigenvalue weighted by Crippen LogP contribution is -2.16. The van der Waals surface area contributed by atoms with Gasteiger partial charge in [0.05, 0.1) is 26.4 Å². The van der Waals surface area contributed by atoms with Gasteiger partial charge in [-0.05, 0) is 33.7 Å². The van der Waals surface area contributed by atoms with Crippen molar-refractivity contribution in [1.29, 1.82) is 0 Å². The highest BCUT2D eigenvalue weighted by molar-refractivity contribution is 6.16. The maximum atomic E-state index is 13.7. The zero-order valence-electron chi connectivity index (χ0n) is 23.8. The van der Waals surface area contributed by atoms with Crippen molar-refractivity contribution in [2.75, 3.05) is 52.9 Å². The van der Waals surface area contributed by atoms with Gasteiger partial charge in [0, 0.05) is 11.1 Å². The molecule has 0 spiro atoms. The Balaban J connectivity index is 1.37. The third-order valence-corrected chi connectivity index (χ3v) is 7.93. The summed E-state index contributed by atoms with van der Waals surface area (Å²) in [6.07, 6.45) is -0.354. The largest absolute Gasteiger partial charge is 0.489 e. The number of fused-ring (bicyclic) bond motifs is 2. The lowest BCUT2D eigenvalue weighted by Gasteiger charge is -2.23. The van der Waals surface area contributed by atoms with Crippen LogP contribution in [0, 0.1) is 0 Å². The molecule has 4 unspecified atom stereocenters. The van der Waals surface area contributed by atoms with Crippen LogP contribution in [0.25, 0.3) is 32.7 Å². The minimum Gasteiger partial charge on any atom is -0.489 e. The van der Waals surface area contributed by atoms with E-state index in [1.54, 1.807) is 12.1 Å². The van der Waals surface area contributed by atoms with E-state index < -0.39 is 11.9 Å². The first-order valence-corrected chi connectivity index (χ1v) is 14.8. The number of hydrogen-bond donors (Lipinski definition) is 0. The molecule has 0 amide bonds. The maximum Gasteiger partial charge on any atom is 0.342 e. The van der Waals surface area contributed by atoms with Gasteiger partial charge in [0.25, 0.3) is 0 Å². The van der Waals surface area contributed by atoms with Gasteiger partial charge in [0.15, 0.2) is 0 Å². The van der Waals surface area contributed by atoms with Crippen LogP contribution in [0.4, 0.5) is 0 Å². The number of carbonyl (C=O) groups excluding carboxylic acids is 2. The van der Waals surface area contributed by atoms with E-state index in [-0.39, 0.29) is 62.0 Å². The number of carbonyl (C=O) groups is 2. The summed E-state index contributed by atoms with van der Waals surface area (Å²) in [7, 11) is 0. The summed E-state index contributed by atoms with van der Waals surface area (Å²) >= 11 is 0. The van der Waals surface area contributed by atoms with Gasteiger partial charge in [-0.1, -0.05) is 48.5 Å². The molecule has 0 radical (unpaired) electrons. The molecule has 4 fully saturated rings. The zero-order valence-corrected chi connectivity index (χ0v) is 23.8. The fourth-order valence-electron chi connectivity index (χ4n) is 5.26. The molecule has 4 saturated heterocycles. The second-order valence-electron chi connectivity index (χ2n) is 11.3. The highest BCUT2D eigenvalue weighted by atomic mass is 16.6. The number of ether oxygens (including phenoxy) is 8. The van der Waals surface area contributed by atoms with Crippen molar-refractivity contribution in [1.82, 2.24) is 0 Å². The molecule has 0 bridgehead atoms. The molecule has 8 rings (SSSR count). The van der Waals surface area contributed by atoms with E-state index in [4.69, 9.17) is 37.9 Å². The molecule has 0 saturated carbocycles. The predicted molar refractivity (Wildman–Crippen MR) is 157 cm³/mol. The number of benzene rings is 4. The monoisotopic (exact) mass is 598 g/mol. The first-order chi connectivity index (χ1) is 21.6. The van der Waals surface area contributed by atoms with Crippen LogP contribution < -0.4 is 9.47 Å². The van der Waals surface area contributed by atoms with Gasteiger partial charge in [-0.25, -0.2) is 9.59 Å². The van der Waals surface area contributed by atoms with E-state index in [1.165, 1.54) is 0 Å². The molecule has 0 N–H and O–H groups in total. The first-order valence-electron chi connectivity index (χ1n) is 14.8. The van der Waals surface area contributed by atoms with Gasteiger partial charge in [0.2, 0.25) is 0 Å². The summed E-state index contributed by atoms with van der Waals surface area (Å²) in [4.78, 5) is 27.3. The summed E-state index contributed by atoms with van der Waals surface area (Å²) in [5.41, 5.74) is 1.75. The Morgan fingerprint density at radius 1 is 0.568 bits per heavy atom. The van der Waals surface area contributed by atoms with Gasteiger partial charge in [-0.15, -0.1) is 0 Å². The number of rotatable bonds is 13. The molecule has 4 atom stereocenters. The molecule has 4 aromatic rings. The van der Waals surface area contributed by atoms with Crippen LogP contribution in [0.15, 0.2) is 60.7 Å². The van der Waals surface area contributed by atoms with E-state index in [9.17, 15) is 9.59 Å². The average Bonchev–Trinajstić information content (AvgIpc) is 3.87. The van der Waals surface area contributed by atoms with Crippen LogP contribution in [0.3, 0.4) is 0 Å². The molecule has 0 aromatic heterocycles. The van der Waals surface area contributed by atoms with Crippen molar-refractivity contribution in [2.24, 2.45) is 0 Å². The summed E-state index contributed by atoms with van der Waals surface area (Å²) < 4.78 is 45.7. The predicted octanol–water partition coefficient (Wildman–Crippen LogP) is 4.33. The van der Waals surface area contributed by atoms with Gasteiger partial charge in [-0.3, -0.25) is 0 Å². The molecule has 10 heteroatoms. The Bertz CT molecular complexity index is 1620.